The third-order valence-electron chi connectivity index (χ3n) is 3.35. The highest BCUT2D eigenvalue weighted by atomic mass is 16.1. The Balaban J connectivity index is 3.93. The maximum Gasteiger partial charge on any atom is 0.220 e. The normalized spacial score (nSPS) is 11.5. The number of carbonyl (C=O) groups is 1. The van der Waals surface area contributed by atoms with Crippen molar-refractivity contribution in [3.8, 4) is 0 Å². The number of carbonyl (C=O) groups excluding carboxylic acids is 1. The monoisotopic (exact) mass is 214 g/mol. The second-order valence-electron chi connectivity index (χ2n) is 4.29. The van der Waals surface area contributed by atoms with Crippen LogP contribution >= 0.6 is 0 Å². The van der Waals surface area contributed by atoms with Crippen molar-refractivity contribution in [2.45, 2.75) is 52.9 Å². The van der Waals surface area contributed by atoms with E-state index in [0.717, 1.165) is 32.2 Å². The number of amides is 1. The molecule has 3 N–H and O–H groups in total. The highest BCUT2D eigenvalue weighted by Crippen LogP contribution is 2.23. The van der Waals surface area contributed by atoms with Gasteiger partial charge in [0.1, 0.15) is 0 Å². The van der Waals surface area contributed by atoms with Crippen LogP contribution in [0, 0.1) is 5.41 Å². The second-order valence-corrected chi connectivity index (χ2v) is 4.29. The second kappa shape index (κ2) is 7.69. The van der Waals surface area contributed by atoms with E-state index in [4.69, 9.17) is 5.73 Å². The predicted molar refractivity (Wildman–Crippen MR) is 64.6 cm³/mol. The Bertz CT molecular complexity index is 168. The molecule has 15 heavy (non-hydrogen) atoms. The molecule has 0 aromatic heterocycles. The van der Waals surface area contributed by atoms with Crippen LogP contribution in [0.15, 0.2) is 0 Å². The van der Waals surface area contributed by atoms with Crippen molar-refractivity contribution < 1.29 is 4.79 Å². The lowest BCUT2D eigenvalue weighted by Crippen LogP contribution is -2.41. The van der Waals surface area contributed by atoms with Gasteiger partial charge in [0.15, 0.2) is 0 Å². The molecule has 0 saturated heterocycles. The number of rotatable bonds is 8. The molecule has 0 atom stereocenters. The minimum atomic E-state index is 0.0991. The Morgan fingerprint density at radius 2 is 1.87 bits per heavy atom. The van der Waals surface area contributed by atoms with Crippen molar-refractivity contribution >= 4 is 5.91 Å². The van der Waals surface area contributed by atoms with Gasteiger partial charge in [0, 0.05) is 13.0 Å². The number of unbranched alkanes of at least 4 members (excludes halogenated alkanes) is 1. The summed E-state index contributed by atoms with van der Waals surface area (Å²) in [6, 6.07) is 0. The van der Waals surface area contributed by atoms with Gasteiger partial charge in [0.2, 0.25) is 5.91 Å². The van der Waals surface area contributed by atoms with Crippen LogP contribution in [-0.2, 0) is 4.79 Å². The van der Waals surface area contributed by atoms with Gasteiger partial charge in [-0.3, -0.25) is 4.79 Å². The van der Waals surface area contributed by atoms with Crippen molar-refractivity contribution in [1.29, 1.82) is 0 Å². The predicted octanol–water partition coefficient (Wildman–Crippen LogP) is 2.06. The van der Waals surface area contributed by atoms with E-state index in [-0.39, 0.29) is 11.3 Å². The van der Waals surface area contributed by atoms with Gasteiger partial charge in [-0.25, -0.2) is 0 Å². The average molecular weight is 214 g/mol. The van der Waals surface area contributed by atoms with E-state index in [1.54, 1.807) is 0 Å². The van der Waals surface area contributed by atoms with Gasteiger partial charge in [-0.2, -0.15) is 0 Å². The summed E-state index contributed by atoms with van der Waals surface area (Å²) >= 11 is 0. The zero-order valence-corrected chi connectivity index (χ0v) is 10.4. The minimum absolute atomic E-state index is 0.0991. The molecular formula is C12H26N2O. The Kier molecular flexibility index (Phi) is 7.39. The van der Waals surface area contributed by atoms with E-state index < -0.39 is 0 Å². The van der Waals surface area contributed by atoms with E-state index in [2.05, 4.69) is 26.1 Å². The van der Waals surface area contributed by atoms with Gasteiger partial charge in [0.25, 0.3) is 0 Å². The number of nitrogens with two attached hydrogens (primary N) is 1. The smallest absolute Gasteiger partial charge is 0.220 e. The summed E-state index contributed by atoms with van der Waals surface area (Å²) in [4.78, 5) is 11.4. The third-order valence-corrected chi connectivity index (χ3v) is 3.35. The fraction of sp³-hybridized carbons (Fsp3) is 0.917. The number of hydrogen-bond donors (Lipinski definition) is 2. The topological polar surface area (TPSA) is 55.1 Å². The van der Waals surface area contributed by atoms with E-state index >= 15 is 0 Å². The van der Waals surface area contributed by atoms with E-state index in [0.29, 0.717) is 13.0 Å². The van der Waals surface area contributed by atoms with Crippen molar-refractivity contribution in [3.63, 3.8) is 0 Å². The molecule has 3 heteroatoms. The summed E-state index contributed by atoms with van der Waals surface area (Å²) in [6.45, 7) is 7.73. The van der Waals surface area contributed by atoms with Crippen molar-refractivity contribution in [1.82, 2.24) is 5.32 Å². The van der Waals surface area contributed by atoms with Crippen LogP contribution in [0.5, 0.6) is 0 Å². The summed E-state index contributed by atoms with van der Waals surface area (Å²) in [5, 5.41) is 2.99. The van der Waals surface area contributed by atoms with Crippen LogP contribution in [0.25, 0.3) is 0 Å². The van der Waals surface area contributed by atoms with Gasteiger partial charge in [0.05, 0.1) is 0 Å². The zero-order chi connectivity index (χ0) is 11.7. The lowest BCUT2D eigenvalue weighted by atomic mass is 9.82. The molecule has 0 bridgehead atoms. The quantitative estimate of drug-likeness (QED) is 0.650. The first-order chi connectivity index (χ1) is 7.14. The molecule has 90 valence electrons. The Morgan fingerprint density at radius 3 is 2.27 bits per heavy atom. The van der Waals surface area contributed by atoms with Gasteiger partial charge in [-0.1, -0.05) is 27.2 Å². The molecule has 0 aromatic rings. The zero-order valence-electron chi connectivity index (χ0n) is 10.4. The van der Waals surface area contributed by atoms with Crippen LogP contribution in [0.3, 0.4) is 0 Å². The van der Waals surface area contributed by atoms with Crippen molar-refractivity contribution in [3.05, 3.63) is 0 Å². The minimum Gasteiger partial charge on any atom is -0.355 e. The molecule has 0 heterocycles. The number of nitrogens with one attached hydrogen (secondary N) is 1. The summed E-state index contributed by atoms with van der Waals surface area (Å²) in [6.07, 6.45) is 4.73. The van der Waals surface area contributed by atoms with Crippen LogP contribution in [-0.4, -0.2) is 19.0 Å². The molecule has 3 nitrogen and oxygen atoms in total. The molecule has 0 spiro atoms. The Labute approximate surface area is 93.8 Å². The highest BCUT2D eigenvalue weighted by molar-refractivity contribution is 5.75. The molecule has 1 amide bonds. The van der Waals surface area contributed by atoms with Crippen molar-refractivity contribution in [2.24, 2.45) is 11.1 Å². The third kappa shape index (κ3) is 5.17. The summed E-state index contributed by atoms with van der Waals surface area (Å²) in [5.74, 6) is 0.163. The first kappa shape index (κ1) is 14.4. The van der Waals surface area contributed by atoms with Crippen LogP contribution in [0.2, 0.25) is 0 Å². The fourth-order valence-corrected chi connectivity index (χ4v) is 1.57. The van der Waals surface area contributed by atoms with E-state index in [1.165, 1.54) is 0 Å². The summed E-state index contributed by atoms with van der Waals surface area (Å²) in [7, 11) is 0. The average Bonchev–Trinajstić information content (AvgIpc) is 2.29. The SMILES string of the molecule is CCCCC(=O)NCC(CC)(CC)CN. The maximum atomic E-state index is 11.4. The molecule has 0 aliphatic carbocycles. The number of hydrogen-bond acceptors (Lipinski definition) is 2. The van der Waals surface area contributed by atoms with Gasteiger partial charge >= 0.3 is 0 Å². The Hall–Kier alpha value is -0.570. The molecule has 0 aliphatic heterocycles. The highest BCUT2D eigenvalue weighted by Gasteiger charge is 2.24. The molecular weight excluding hydrogens is 188 g/mol. The van der Waals surface area contributed by atoms with Gasteiger partial charge in [-0.05, 0) is 31.2 Å². The molecule has 0 aliphatic rings. The molecule has 0 radical (unpaired) electrons. The first-order valence-corrected chi connectivity index (χ1v) is 6.11. The lowest BCUT2D eigenvalue weighted by Gasteiger charge is -2.30. The molecule has 0 fully saturated rings. The first-order valence-electron chi connectivity index (χ1n) is 6.11. The maximum absolute atomic E-state index is 11.4. The molecule has 0 aromatic carbocycles. The molecule has 0 saturated carbocycles. The summed E-state index contributed by atoms with van der Waals surface area (Å²) in [5.41, 5.74) is 5.86. The van der Waals surface area contributed by atoms with Crippen LogP contribution in [0.4, 0.5) is 0 Å². The largest absolute Gasteiger partial charge is 0.355 e. The Morgan fingerprint density at radius 1 is 1.27 bits per heavy atom. The van der Waals surface area contributed by atoms with Gasteiger partial charge in [-0.15, -0.1) is 0 Å². The van der Waals surface area contributed by atoms with Gasteiger partial charge < -0.3 is 11.1 Å². The van der Waals surface area contributed by atoms with Crippen molar-refractivity contribution in [2.75, 3.05) is 13.1 Å². The van der Waals surface area contributed by atoms with E-state index in [9.17, 15) is 4.79 Å². The lowest BCUT2D eigenvalue weighted by molar-refractivity contribution is -0.121. The standard InChI is InChI=1S/C12H26N2O/c1-4-7-8-11(15)14-10-12(5-2,6-3)9-13/h4-10,13H2,1-3H3,(H,14,15). The molecule has 0 unspecified atom stereocenters. The van der Waals surface area contributed by atoms with Crippen LogP contribution in [0.1, 0.15) is 52.9 Å². The summed E-state index contributed by atoms with van der Waals surface area (Å²) < 4.78 is 0. The fourth-order valence-electron chi connectivity index (χ4n) is 1.57. The molecule has 0 rings (SSSR count). The van der Waals surface area contributed by atoms with Crippen LogP contribution < -0.4 is 11.1 Å². The van der Waals surface area contributed by atoms with E-state index in [1.807, 2.05) is 0 Å².